The maximum Gasteiger partial charge on any atom is 0.341 e. The third kappa shape index (κ3) is 6.92. The Morgan fingerprint density at radius 3 is 2.51 bits per heavy atom. The number of carbonyl (C=O) groups is 2. The molecule has 37 heavy (non-hydrogen) atoms. The van der Waals surface area contributed by atoms with Crippen LogP contribution in [0.3, 0.4) is 0 Å². The summed E-state index contributed by atoms with van der Waals surface area (Å²) in [6.07, 6.45) is 1.80. The molecule has 1 aliphatic heterocycles. The number of carboxylic acids is 1. The Kier molecular flexibility index (Phi) is 8.88. The van der Waals surface area contributed by atoms with Crippen molar-refractivity contribution in [3.8, 4) is 11.5 Å². The van der Waals surface area contributed by atoms with Crippen LogP contribution in [0.15, 0.2) is 76.6 Å². The SMILES string of the molecule is CCOc1cc(/C=C2/SC(=Nc3ccc(C)cc3)N(Cc3ccccc3)C2=O)cc(I)c1OCC(=O)O. The van der Waals surface area contributed by atoms with Crippen LogP contribution in [0.5, 0.6) is 11.5 Å². The van der Waals surface area contributed by atoms with Crippen molar-refractivity contribution in [1.82, 2.24) is 4.90 Å². The normalized spacial score (nSPS) is 15.4. The molecule has 1 heterocycles. The molecule has 190 valence electrons. The Morgan fingerprint density at radius 1 is 1.11 bits per heavy atom. The largest absolute Gasteiger partial charge is 0.490 e. The second-order valence-electron chi connectivity index (χ2n) is 8.16. The van der Waals surface area contributed by atoms with Gasteiger partial charge in [0.2, 0.25) is 0 Å². The van der Waals surface area contributed by atoms with E-state index in [9.17, 15) is 9.59 Å². The van der Waals surface area contributed by atoms with Crippen LogP contribution in [0.2, 0.25) is 0 Å². The van der Waals surface area contributed by atoms with Crippen molar-refractivity contribution < 1.29 is 24.2 Å². The van der Waals surface area contributed by atoms with Gasteiger partial charge in [0, 0.05) is 0 Å². The Labute approximate surface area is 233 Å². The summed E-state index contributed by atoms with van der Waals surface area (Å²) in [5, 5.41) is 9.60. The number of carboxylic acid groups (broad SMARTS) is 1. The summed E-state index contributed by atoms with van der Waals surface area (Å²) in [4.78, 5) is 31.5. The fourth-order valence-corrected chi connectivity index (χ4v) is 5.37. The van der Waals surface area contributed by atoms with Gasteiger partial charge in [-0.1, -0.05) is 48.0 Å². The molecular formula is C28H25IN2O5S. The van der Waals surface area contributed by atoms with Crippen molar-refractivity contribution in [2.24, 2.45) is 4.99 Å². The predicted molar refractivity (Wildman–Crippen MR) is 154 cm³/mol. The number of carbonyl (C=O) groups excluding carboxylic acids is 1. The molecule has 3 aromatic rings. The average Bonchev–Trinajstić information content (AvgIpc) is 3.14. The van der Waals surface area contributed by atoms with Gasteiger partial charge in [-0.2, -0.15) is 0 Å². The lowest BCUT2D eigenvalue weighted by molar-refractivity contribution is -0.139. The second-order valence-corrected chi connectivity index (χ2v) is 10.3. The molecule has 0 saturated carbocycles. The zero-order valence-electron chi connectivity index (χ0n) is 20.3. The van der Waals surface area contributed by atoms with Crippen molar-refractivity contribution in [2.75, 3.05) is 13.2 Å². The minimum Gasteiger partial charge on any atom is -0.490 e. The van der Waals surface area contributed by atoms with Crippen molar-refractivity contribution in [1.29, 1.82) is 0 Å². The number of hydrogen-bond acceptors (Lipinski definition) is 6. The first-order valence-corrected chi connectivity index (χ1v) is 13.4. The number of amidine groups is 1. The molecule has 0 unspecified atom stereocenters. The number of hydrogen-bond donors (Lipinski definition) is 1. The highest BCUT2D eigenvalue weighted by atomic mass is 127. The van der Waals surface area contributed by atoms with Crippen molar-refractivity contribution >= 4 is 63.2 Å². The summed E-state index contributed by atoms with van der Waals surface area (Å²) >= 11 is 3.40. The van der Waals surface area contributed by atoms with Crippen LogP contribution in [0.1, 0.15) is 23.6 Å². The van der Waals surface area contributed by atoms with E-state index in [1.807, 2.05) is 74.5 Å². The third-order valence-electron chi connectivity index (χ3n) is 5.30. The highest BCUT2D eigenvalue weighted by Gasteiger charge is 2.33. The summed E-state index contributed by atoms with van der Waals surface area (Å²) in [6.45, 7) is 4.16. The van der Waals surface area contributed by atoms with Gasteiger partial charge < -0.3 is 14.6 Å². The third-order valence-corrected chi connectivity index (χ3v) is 7.11. The van der Waals surface area contributed by atoms with Crippen LogP contribution < -0.4 is 9.47 Å². The molecule has 0 bridgehead atoms. The van der Waals surface area contributed by atoms with Gasteiger partial charge in [0.1, 0.15) is 0 Å². The molecule has 7 nitrogen and oxygen atoms in total. The molecule has 0 radical (unpaired) electrons. The minimum atomic E-state index is -1.07. The molecule has 4 rings (SSSR count). The second kappa shape index (κ2) is 12.3. The van der Waals surface area contributed by atoms with Crippen molar-refractivity contribution in [3.05, 3.63) is 91.9 Å². The molecule has 0 atom stereocenters. The molecule has 1 aliphatic rings. The molecule has 0 spiro atoms. The first kappa shape index (κ1) is 26.7. The summed E-state index contributed by atoms with van der Waals surface area (Å²) < 4.78 is 11.8. The monoisotopic (exact) mass is 628 g/mol. The maximum absolute atomic E-state index is 13.5. The van der Waals surface area contributed by atoms with E-state index < -0.39 is 12.6 Å². The number of benzene rings is 3. The topological polar surface area (TPSA) is 88.4 Å². The average molecular weight is 628 g/mol. The molecule has 1 saturated heterocycles. The van der Waals surface area contributed by atoms with Crippen molar-refractivity contribution in [3.63, 3.8) is 0 Å². The number of thioether (sulfide) groups is 1. The predicted octanol–water partition coefficient (Wildman–Crippen LogP) is 6.27. The minimum absolute atomic E-state index is 0.140. The Balaban J connectivity index is 1.70. The summed E-state index contributed by atoms with van der Waals surface area (Å²) in [7, 11) is 0. The molecule has 1 N–H and O–H groups in total. The molecule has 9 heteroatoms. The smallest absolute Gasteiger partial charge is 0.341 e. The van der Waals surface area contributed by atoms with Gasteiger partial charge in [0.15, 0.2) is 23.3 Å². The first-order chi connectivity index (χ1) is 17.8. The number of aliphatic carboxylic acids is 1. The molecule has 3 aromatic carbocycles. The van der Waals surface area contributed by atoms with E-state index in [4.69, 9.17) is 19.6 Å². The summed E-state index contributed by atoms with van der Waals surface area (Å²) in [6, 6.07) is 21.2. The van der Waals surface area contributed by atoms with E-state index in [2.05, 4.69) is 22.6 Å². The standard InChI is InChI=1S/C28H25IN2O5S/c1-3-35-23-14-20(13-22(29)26(23)36-17-25(32)33)15-24-27(34)31(16-19-7-5-4-6-8-19)28(37-24)30-21-11-9-18(2)10-12-21/h4-15H,3,16-17H2,1-2H3,(H,32,33)/b24-15+,30-28?. The number of nitrogens with zero attached hydrogens (tertiary/aromatic N) is 2. The lowest BCUT2D eigenvalue weighted by atomic mass is 10.1. The lowest BCUT2D eigenvalue weighted by Gasteiger charge is -2.15. The highest BCUT2D eigenvalue weighted by molar-refractivity contribution is 14.1. The zero-order chi connectivity index (χ0) is 26.4. The van der Waals surface area contributed by atoms with E-state index in [1.165, 1.54) is 11.8 Å². The van der Waals surface area contributed by atoms with Crippen LogP contribution in [0.25, 0.3) is 6.08 Å². The van der Waals surface area contributed by atoms with E-state index in [-0.39, 0.29) is 5.91 Å². The van der Waals surface area contributed by atoms with Gasteiger partial charge in [0.05, 0.1) is 27.3 Å². The molecular weight excluding hydrogens is 603 g/mol. The van der Waals surface area contributed by atoms with Crippen LogP contribution in [-0.4, -0.2) is 40.3 Å². The highest BCUT2D eigenvalue weighted by Crippen LogP contribution is 2.38. The summed E-state index contributed by atoms with van der Waals surface area (Å²) in [5.74, 6) is -0.424. The van der Waals surface area contributed by atoms with Crippen molar-refractivity contribution in [2.45, 2.75) is 20.4 Å². The van der Waals surface area contributed by atoms with Crippen LogP contribution >= 0.6 is 34.4 Å². The van der Waals surface area contributed by atoms with Gasteiger partial charge in [0.25, 0.3) is 5.91 Å². The van der Waals surface area contributed by atoms with E-state index in [0.717, 1.165) is 22.4 Å². The zero-order valence-corrected chi connectivity index (χ0v) is 23.3. The first-order valence-electron chi connectivity index (χ1n) is 11.6. The van der Waals surface area contributed by atoms with Gasteiger partial charge in [-0.25, -0.2) is 9.79 Å². The molecule has 1 fully saturated rings. The van der Waals surface area contributed by atoms with Gasteiger partial charge >= 0.3 is 5.97 Å². The van der Waals surface area contributed by atoms with E-state index in [0.29, 0.717) is 38.3 Å². The number of amides is 1. The Bertz CT molecular complexity index is 1360. The fourth-order valence-electron chi connectivity index (χ4n) is 3.59. The van der Waals surface area contributed by atoms with Gasteiger partial charge in [-0.3, -0.25) is 9.69 Å². The number of halogens is 1. The molecule has 0 aliphatic carbocycles. The Hall–Kier alpha value is -3.31. The number of aliphatic imine (C=N–C) groups is 1. The quantitative estimate of drug-likeness (QED) is 0.222. The van der Waals surface area contributed by atoms with Crippen LogP contribution in [0.4, 0.5) is 5.69 Å². The maximum atomic E-state index is 13.5. The van der Waals surface area contributed by atoms with Gasteiger partial charge in [-0.15, -0.1) is 0 Å². The number of aryl methyl sites for hydroxylation is 1. The number of ether oxygens (including phenoxy) is 2. The Morgan fingerprint density at radius 2 is 1.84 bits per heavy atom. The number of rotatable bonds is 9. The fraction of sp³-hybridized carbons (Fsp3) is 0.179. The molecule has 0 aromatic heterocycles. The van der Waals surface area contributed by atoms with Crippen LogP contribution in [-0.2, 0) is 16.1 Å². The summed E-state index contributed by atoms with van der Waals surface area (Å²) in [5.41, 5.74) is 3.65. The van der Waals surface area contributed by atoms with E-state index in [1.54, 1.807) is 17.0 Å². The van der Waals surface area contributed by atoms with E-state index >= 15 is 0 Å². The molecule has 1 amide bonds. The lowest BCUT2D eigenvalue weighted by Crippen LogP contribution is -2.28. The van der Waals surface area contributed by atoms with Crippen LogP contribution in [0, 0.1) is 10.5 Å². The van der Waals surface area contributed by atoms with Gasteiger partial charge in [-0.05, 0) is 89.7 Å².